The third-order valence-corrected chi connectivity index (χ3v) is 2.99. The van der Waals surface area contributed by atoms with Crippen LogP contribution in [0.3, 0.4) is 0 Å². The van der Waals surface area contributed by atoms with E-state index in [-0.39, 0.29) is 23.6 Å². The fourth-order valence-corrected chi connectivity index (χ4v) is 1.49. The maximum Gasteiger partial charge on any atom is 0.416 e. The lowest BCUT2D eigenvalue weighted by Crippen LogP contribution is -2.38. The molecule has 1 unspecified atom stereocenters. The minimum absolute atomic E-state index is 0.0553. The van der Waals surface area contributed by atoms with Crippen molar-refractivity contribution in [3.05, 3.63) is 29.8 Å². The van der Waals surface area contributed by atoms with Crippen molar-refractivity contribution in [2.45, 2.75) is 39.4 Å². The second-order valence-electron chi connectivity index (χ2n) is 5.80. The van der Waals surface area contributed by atoms with Crippen molar-refractivity contribution in [1.82, 2.24) is 0 Å². The van der Waals surface area contributed by atoms with Gasteiger partial charge in [-0.15, -0.1) is 0 Å². The van der Waals surface area contributed by atoms with Gasteiger partial charge in [0.05, 0.1) is 5.56 Å². The molecule has 1 rings (SSSR count). The van der Waals surface area contributed by atoms with Gasteiger partial charge in [0.1, 0.15) is 0 Å². The fraction of sp³-hybridized carbons (Fsp3) is 0.500. The number of nitrogens with one attached hydrogen (secondary N) is 1. The molecule has 3 nitrogen and oxygen atoms in total. The van der Waals surface area contributed by atoms with Crippen LogP contribution in [-0.2, 0) is 11.0 Å². The van der Waals surface area contributed by atoms with Crippen LogP contribution in [-0.4, -0.2) is 11.9 Å². The lowest BCUT2D eigenvalue weighted by Gasteiger charge is -2.26. The summed E-state index contributed by atoms with van der Waals surface area (Å²) in [7, 11) is 0. The van der Waals surface area contributed by atoms with Gasteiger partial charge in [0.2, 0.25) is 5.91 Å². The van der Waals surface area contributed by atoms with E-state index in [1.165, 1.54) is 12.1 Å². The van der Waals surface area contributed by atoms with E-state index in [1.807, 2.05) is 20.8 Å². The van der Waals surface area contributed by atoms with Crippen LogP contribution in [0.4, 0.5) is 18.9 Å². The third-order valence-electron chi connectivity index (χ3n) is 2.99. The molecule has 0 aliphatic rings. The maximum atomic E-state index is 12.5. The van der Waals surface area contributed by atoms with E-state index in [1.54, 1.807) is 0 Å². The number of carbonyl (C=O) groups excluding carboxylic acids is 1. The van der Waals surface area contributed by atoms with E-state index in [9.17, 15) is 18.0 Å². The molecule has 1 aromatic rings. The Hall–Kier alpha value is -1.56. The second-order valence-corrected chi connectivity index (χ2v) is 5.80. The van der Waals surface area contributed by atoms with E-state index < -0.39 is 17.6 Å². The zero-order valence-electron chi connectivity index (χ0n) is 11.7. The lowest BCUT2D eigenvalue weighted by atomic mass is 9.85. The van der Waals surface area contributed by atoms with Gasteiger partial charge in [-0.05, 0) is 23.6 Å². The first-order chi connectivity index (χ1) is 9.00. The minimum atomic E-state index is -4.43. The SMILES string of the molecule is CC(C)(C)C(N)CC(=O)Nc1cccc(C(F)(F)F)c1. The van der Waals surface area contributed by atoms with Crippen LogP contribution in [0.15, 0.2) is 24.3 Å². The van der Waals surface area contributed by atoms with Crippen LogP contribution in [0, 0.1) is 5.41 Å². The van der Waals surface area contributed by atoms with Crippen molar-refractivity contribution < 1.29 is 18.0 Å². The van der Waals surface area contributed by atoms with Crippen molar-refractivity contribution in [3.63, 3.8) is 0 Å². The monoisotopic (exact) mass is 288 g/mol. The summed E-state index contributed by atoms with van der Waals surface area (Å²) in [6, 6.07) is 4.16. The highest BCUT2D eigenvalue weighted by molar-refractivity contribution is 5.91. The average Bonchev–Trinajstić information content (AvgIpc) is 2.26. The van der Waals surface area contributed by atoms with Crippen LogP contribution in [0.5, 0.6) is 0 Å². The molecule has 0 fully saturated rings. The molecule has 0 aliphatic carbocycles. The normalized spacial score (nSPS) is 13.9. The molecule has 0 spiro atoms. The van der Waals surface area contributed by atoms with Crippen LogP contribution < -0.4 is 11.1 Å². The number of alkyl halides is 3. The topological polar surface area (TPSA) is 55.1 Å². The summed E-state index contributed by atoms with van der Waals surface area (Å²) in [5, 5.41) is 2.44. The highest BCUT2D eigenvalue weighted by Gasteiger charge is 2.30. The van der Waals surface area contributed by atoms with Crippen molar-refractivity contribution in [2.24, 2.45) is 11.1 Å². The zero-order chi connectivity index (χ0) is 15.6. The number of nitrogens with two attached hydrogens (primary N) is 1. The number of amides is 1. The molecule has 0 aliphatic heterocycles. The van der Waals surface area contributed by atoms with Gasteiger partial charge < -0.3 is 11.1 Å². The molecule has 6 heteroatoms. The zero-order valence-corrected chi connectivity index (χ0v) is 11.7. The van der Waals surface area contributed by atoms with Gasteiger partial charge in [-0.1, -0.05) is 26.8 Å². The van der Waals surface area contributed by atoms with E-state index in [4.69, 9.17) is 5.73 Å². The van der Waals surface area contributed by atoms with Gasteiger partial charge in [-0.3, -0.25) is 4.79 Å². The summed E-state index contributed by atoms with van der Waals surface area (Å²) in [5.41, 5.74) is 4.94. The van der Waals surface area contributed by atoms with Crippen LogP contribution in [0.25, 0.3) is 0 Å². The quantitative estimate of drug-likeness (QED) is 0.895. The third kappa shape index (κ3) is 4.85. The average molecular weight is 288 g/mol. The summed E-state index contributed by atoms with van der Waals surface area (Å²) in [4.78, 5) is 11.8. The Balaban J connectivity index is 2.72. The molecule has 0 saturated carbocycles. The Morgan fingerprint density at radius 2 is 1.90 bits per heavy atom. The first kappa shape index (κ1) is 16.5. The molecule has 3 N–H and O–H groups in total. The smallest absolute Gasteiger partial charge is 0.327 e. The largest absolute Gasteiger partial charge is 0.416 e. The van der Waals surface area contributed by atoms with Gasteiger partial charge in [0, 0.05) is 18.2 Å². The minimum Gasteiger partial charge on any atom is -0.327 e. The molecule has 1 atom stereocenters. The van der Waals surface area contributed by atoms with Gasteiger partial charge >= 0.3 is 6.18 Å². The van der Waals surface area contributed by atoms with Crippen molar-refractivity contribution in [2.75, 3.05) is 5.32 Å². The van der Waals surface area contributed by atoms with Crippen LogP contribution in [0.1, 0.15) is 32.8 Å². The van der Waals surface area contributed by atoms with Gasteiger partial charge in [0.15, 0.2) is 0 Å². The number of anilines is 1. The molecule has 1 aromatic carbocycles. The van der Waals surface area contributed by atoms with Gasteiger partial charge in [-0.2, -0.15) is 13.2 Å². The molecule has 0 radical (unpaired) electrons. The highest BCUT2D eigenvalue weighted by atomic mass is 19.4. The van der Waals surface area contributed by atoms with E-state index in [0.29, 0.717) is 0 Å². The Labute approximate surface area is 116 Å². The van der Waals surface area contributed by atoms with E-state index in [0.717, 1.165) is 12.1 Å². The number of benzene rings is 1. The Bertz CT molecular complexity index is 478. The lowest BCUT2D eigenvalue weighted by molar-refractivity contribution is -0.137. The van der Waals surface area contributed by atoms with E-state index in [2.05, 4.69) is 5.32 Å². The molecule has 0 heterocycles. The predicted molar refractivity (Wildman–Crippen MR) is 72.1 cm³/mol. The highest BCUT2D eigenvalue weighted by Crippen LogP contribution is 2.30. The fourth-order valence-electron chi connectivity index (χ4n) is 1.49. The first-order valence-electron chi connectivity index (χ1n) is 6.23. The van der Waals surface area contributed by atoms with E-state index >= 15 is 0 Å². The predicted octanol–water partition coefficient (Wildman–Crippen LogP) is 3.41. The standard InChI is InChI=1S/C14H19F3N2O/c1-13(2,3)11(18)8-12(20)19-10-6-4-5-9(7-10)14(15,16)17/h4-7,11H,8,18H2,1-3H3,(H,19,20). The number of hydrogen-bond acceptors (Lipinski definition) is 2. The summed E-state index contributed by atoms with van der Waals surface area (Å²) in [5.74, 6) is -0.397. The number of hydrogen-bond donors (Lipinski definition) is 2. The molecule has 112 valence electrons. The van der Waals surface area contributed by atoms with Crippen LogP contribution >= 0.6 is 0 Å². The van der Waals surface area contributed by atoms with Crippen molar-refractivity contribution in [3.8, 4) is 0 Å². The Kier molecular flexibility index (Phi) is 4.81. The number of rotatable bonds is 3. The Morgan fingerprint density at radius 1 is 1.30 bits per heavy atom. The molecular weight excluding hydrogens is 269 g/mol. The summed E-state index contributed by atoms with van der Waals surface area (Å²) in [6.07, 6.45) is -4.37. The van der Waals surface area contributed by atoms with Gasteiger partial charge in [-0.25, -0.2) is 0 Å². The summed E-state index contributed by atoms with van der Waals surface area (Å²) >= 11 is 0. The number of carbonyl (C=O) groups is 1. The molecule has 0 saturated heterocycles. The summed E-state index contributed by atoms with van der Waals surface area (Å²) in [6.45, 7) is 5.69. The first-order valence-corrected chi connectivity index (χ1v) is 6.23. The molecule has 0 aromatic heterocycles. The second kappa shape index (κ2) is 5.83. The van der Waals surface area contributed by atoms with Gasteiger partial charge in [0.25, 0.3) is 0 Å². The maximum absolute atomic E-state index is 12.5. The Morgan fingerprint density at radius 3 is 2.40 bits per heavy atom. The molecule has 20 heavy (non-hydrogen) atoms. The van der Waals surface area contributed by atoms with Crippen molar-refractivity contribution >= 4 is 11.6 Å². The summed E-state index contributed by atoms with van der Waals surface area (Å²) < 4.78 is 37.6. The molecular formula is C14H19F3N2O. The van der Waals surface area contributed by atoms with Crippen molar-refractivity contribution in [1.29, 1.82) is 0 Å². The number of halogens is 3. The molecule has 1 amide bonds. The molecule has 0 bridgehead atoms. The van der Waals surface area contributed by atoms with Crippen LogP contribution in [0.2, 0.25) is 0 Å².